The molecule has 0 aliphatic heterocycles. The monoisotopic (exact) mass is 492 g/mol. The molecule has 0 aliphatic rings. The number of nitrogens with one attached hydrogen (secondary N) is 1. The molecular formula is C23H17ClN6O3S. The number of thiophene rings is 1. The van der Waals surface area contributed by atoms with Crippen LogP contribution in [0.5, 0.6) is 0 Å². The van der Waals surface area contributed by atoms with Crippen molar-refractivity contribution >= 4 is 39.1 Å². The fraction of sp³-hybridized carbons (Fsp3) is 0.130. The number of hydrogen-bond acceptors (Lipinski definition) is 8. The lowest BCUT2D eigenvalue weighted by Crippen LogP contribution is -2.32. The van der Waals surface area contributed by atoms with Gasteiger partial charge in [0.05, 0.1) is 16.6 Å². The molecule has 11 heteroatoms. The average Bonchev–Trinajstić information content (AvgIpc) is 3.46. The molecule has 170 valence electrons. The van der Waals surface area contributed by atoms with Gasteiger partial charge in [-0.05, 0) is 36.2 Å². The number of rotatable bonds is 6. The highest BCUT2D eigenvalue weighted by molar-refractivity contribution is 7.22. The number of fused-ring (bicyclic) bond motifs is 1. The van der Waals surface area contributed by atoms with Crippen LogP contribution in [-0.4, -0.2) is 30.6 Å². The van der Waals surface area contributed by atoms with E-state index in [1.54, 1.807) is 37.5 Å². The van der Waals surface area contributed by atoms with E-state index >= 15 is 0 Å². The zero-order chi connectivity index (χ0) is 23.7. The molecule has 0 aliphatic carbocycles. The first-order valence-corrected chi connectivity index (χ1v) is 11.4. The maximum atomic E-state index is 13.1. The largest absolute Gasteiger partial charge is 0.350 e. The van der Waals surface area contributed by atoms with Crippen molar-refractivity contribution in [3.63, 3.8) is 0 Å². The highest BCUT2D eigenvalue weighted by Gasteiger charge is 2.21. The summed E-state index contributed by atoms with van der Waals surface area (Å²) in [6.07, 6.45) is 4.66. The number of carbonyl (C=O) groups is 1. The molecule has 4 aromatic heterocycles. The molecule has 0 fully saturated rings. The molecule has 0 spiro atoms. The highest BCUT2D eigenvalue weighted by atomic mass is 35.5. The molecule has 9 nitrogen and oxygen atoms in total. The Morgan fingerprint density at radius 2 is 2.00 bits per heavy atom. The molecule has 5 rings (SSSR count). The molecule has 1 aromatic carbocycles. The number of aryl methyl sites for hydroxylation is 1. The summed E-state index contributed by atoms with van der Waals surface area (Å²) in [4.78, 5) is 39.6. The summed E-state index contributed by atoms with van der Waals surface area (Å²) in [6.45, 7) is 1.90. The standard InChI is InChI=1S/C23H17ClN6O3S/c1-13-18-22(34-19(13)21-28-20(29-33-21)14-6-8-25-9-7-14)27-12-30(23(18)32)11-17(31)26-10-15-4-2-3-5-16(15)24/h2-9,12H,10-11H2,1H3,(H,26,31). The summed E-state index contributed by atoms with van der Waals surface area (Å²) < 4.78 is 6.73. The van der Waals surface area contributed by atoms with E-state index in [1.165, 1.54) is 22.2 Å². The van der Waals surface area contributed by atoms with Gasteiger partial charge in [0.25, 0.3) is 11.4 Å². The van der Waals surface area contributed by atoms with Crippen molar-refractivity contribution in [2.45, 2.75) is 20.0 Å². The minimum atomic E-state index is -0.324. The van der Waals surface area contributed by atoms with E-state index in [0.29, 0.717) is 37.4 Å². The van der Waals surface area contributed by atoms with Gasteiger partial charge in [-0.15, -0.1) is 11.3 Å². The summed E-state index contributed by atoms with van der Waals surface area (Å²) in [5.41, 5.74) is 1.93. The fourth-order valence-corrected chi connectivity index (χ4v) is 4.72. The van der Waals surface area contributed by atoms with E-state index in [1.807, 2.05) is 18.2 Å². The third kappa shape index (κ3) is 4.20. The maximum Gasteiger partial charge on any atom is 0.268 e. The van der Waals surface area contributed by atoms with E-state index in [0.717, 1.165) is 11.1 Å². The summed E-state index contributed by atoms with van der Waals surface area (Å²) in [6, 6.07) is 10.8. The fourth-order valence-electron chi connectivity index (χ4n) is 3.46. The van der Waals surface area contributed by atoms with Gasteiger partial charge in [-0.3, -0.25) is 19.1 Å². The first-order valence-electron chi connectivity index (χ1n) is 10.2. The van der Waals surface area contributed by atoms with Crippen molar-refractivity contribution in [2.24, 2.45) is 0 Å². The van der Waals surface area contributed by atoms with Crippen LogP contribution in [0.1, 0.15) is 11.1 Å². The molecule has 5 aromatic rings. The van der Waals surface area contributed by atoms with E-state index < -0.39 is 0 Å². The summed E-state index contributed by atoms with van der Waals surface area (Å²) >= 11 is 7.42. The zero-order valence-corrected chi connectivity index (χ0v) is 19.4. The van der Waals surface area contributed by atoms with Crippen LogP contribution in [0.4, 0.5) is 0 Å². The number of benzene rings is 1. The minimum Gasteiger partial charge on any atom is -0.350 e. The molecule has 0 bridgehead atoms. The van der Waals surface area contributed by atoms with Gasteiger partial charge in [-0.1, -0.05) is 35.0 Å². The van der Waals surface area contributed by atoms with Gasteiger partial charge in [0.2, 0.25) is 11.7 Å². The number of hydrogen-bond donors (Lipinski definition) is 1. The number of carbonyl (C=O) groups excluding carboxylic acids is 1. The maximum absolute atomic E-state index is 13.1. The Bertz CT molecular complexity index is 1560. The smallest absolute Gasteiger partial charge is 0.268 e. The highest BCUT2D eigenvalue weighted by Crippen LogP contribution is 2.35. The summed E-state index contributed by atoms with van der Waals surface area (Å²) in [5, 5.41) is 7.80. The van der Waals surface area contributed by atoms with E-state index in [2.05, 4.69) is 25.4 Å². The van der Waals surface area contributed by atoms with Crippen molar-refractivity contribution in [3.05, 3.63) is 81.6 Å². The van der Waals surface area contributed by atoms with Crippen molar-refractivity contribution in [3.8, 4) is 22.2 Å². The Morgan fingerprint density at radius 1 is 1.21 bits per heavy atom. The normalized spacial score (nSPS) is 11.1. The molecule has 0 atom stereocenters. The molecule has 4 heterocycles. The SMILES string of the molecule is Cc1c(-c2nc(-c3ccncc3)no2)sc2ncn(CC(=O)NCc3ccccc3Cl)c(=O)c12. The topological polar surface area (TPSA) is 116 Å². The average molecular weight is 493 g/mol. The molecule has 34 heavy (non-hydrogen) atoms. The Hall–Kier alpha value is -3.89. The minimum absolute atomic E-state index is 0.163. The van der Waals surface area contributed by atoms with Gasteiger partial charge in [0.1, 0.15) is 11.4 Å². The van der Waals surface area contributed by atoms with Gasteiger partial charge in [-0.2, -0.15) is 4.98 Å². The predicted octanol–water partition coefficient (Wildman–Crippen LogP) is 3.85. The third-order valence-corrected chi connectivity index (χ3v) is 6.78. The third-order valence-electron chi connectivity index (χ3n) is 5.22. The van der Waals surface area contributed by atoms with Crippen LogP contribution in [-0.2, 0) is 17.9 Å². The van der Waals surface area contributed by atoms with Crippen LogP contribution in [0.15, 0.2) is 64.4 Å². The number of halogens is 1. The number of nitrogens with zero attached hydrogens (tertiary/aromatic N) is 5. The zero-order valence-electron chi connectivity index (χ0n) is 17.9. The van der Waals surface area contributed by atoms with Crippen LogP contribution in [0.2, 0.25) is 5.02 Å². The molecule has 0 unspecified atom stereocenters. The second-order valence-electron chi connectivity index (χ2n) is 7.44. The van der Waals surface area contributed by atoms with Crippen LogP contribution in [0, 0.1) is 6.92 Å². The second kappa shape index (κ2) is 9.16. The lowest BCUT2D eigenvalue weighted by Gasteiger charge is -2.08. The number of aromatic nitrogens is 5. The van der Waals surface area contributed by atoms with Crippen molar-refractivity contribution in [2.75, 3.05) is 0 Å². The quantitative estimate of drug-likeness (QED) is 0.382. The van der Waals surface area contributed by atoms with E-state index in [9.17, 15) is 9.59 Å². The van der Waals surface area contributed by atoms with Crippen molar-refractivity contribution in [1.29, 1.82) is 0 Å². The Labute approximate surface area is 202 Å². The molecule has 1 amide bonds. The van der Waals surface area contributed by atoms with Crippen LogP contribution >= 0.6 is 22.9 Å². The van der Waals surface area contributed by atoms with Crippen molar-refractivity contribution < 1.29 is 9.32 Å². The van der Waals surface area contributed by atoms with Crippen LogP contribution in [0.25, 0.3) is 32.4 Å². The number of pyridine rings is 1. The van der Waals surface area contributed by atoms with Gasteiger partial charge >= 0.3 is 0 Å². The Balaban J connectivity index is 1.39. The Kier molecular flexibility index (Phi) is 5.91. The lowest BCUT2D eigenvalue weighted by molar-refractivity contribution is -0.121. The summed E-state index contributed by atoms with van der Waals surface area (Å²) in [5.74, 6) is 0.403. The van der Waals surface area contributed by atoms with Crippen molar-refractivity contribution in [1.82, 2.24) is 30.0 Å². The van der Waals surface area contributed by atoms with E-state index in [4.69, 9.17) is 16.1 Å². The molecular weight excluding hydrogens is 476 g/mol. The molecule has 0 saturated carbocycles. The van der Waals surface area contributed by atoms with E-state index in [-0.39, 0.29) is 24.6 Å². The van der Waals surface area contributed by atoms with Gasteiger partial charge < -0.3 is 9.84 Å². The number of amides is 1. The first-order chi connectivity index (χ1) is 16.5. The second-order valence-corrected chi connectivity index (χ2v) is 8.85. The first kappa shape index (κ1) is 21.9. The summed E-state index contributed by atoms with van der Waals surface area (Å²) in [7, 11) is 0. The lowest BCUT2D eigenvalue weighted by atomic mass is 10.2. The van der Waals surface area contributed by atoms with Gasteiger partial charge in [0, 0.05) is 29.5 Å². The molecule has 0 saturated heterocycles. The van der Waals surface area contributed by atoms with Gasteiger partial charge in [-0.25, -0.2) is 4.98 Å². The Morgan fingerprint density at radius 3 is 2.79 bits per heavy atom. The molecule has 0 radical (unpaired) electrons. The predicted molar refractivity (Wildman–Crippen MR) is 128 cm³/mol. The van der Waals surface area contributed by atoms with Crippen LogP contribution in [0.3, 0.4) is 0 Å². The van der Waals surface area contributed by atoms with Gasteiger partial charge in [0.15, 0.2) is 0 Å². The molecule has 1 N–H and O–H groups in total. The van der Waals surface area contributed by atoms with Crippen LogP contribution < -0.4 is 10.9 Å².